The number of carbonyl (C=O) groups excluding carboxylic acids is 1. The van der Waals surface area contributed by atoms with Crippen molar-refractivity contribution in [2.24, 2.45) is 11.8 Å². The first-order chi connectivity index (χ1) is 14.0. The van der Waals surface area contributed by atoms with Crippen molar-refractivity contribution in [3.8, 4) is 0 Å². The molecule has 164 valence electrons. The molecular weight excluding hydrogens is 398 g/mol. The van der Waals surface area contributed by atoms with E-state index >= 15 is 0 Å². The zero-order valence-electron chi connectivity index (χ0n) is 18.7. The van der Waals surface area contributed by atoms with Gasteiger partial charge < -0.3 is 10.2 Å². The molecule has 0 unspecified atom stereocenters. The Labute approximate surface area is 180 Å². The Balaban J connectivity index is 2.16. The molecule has 0 aliphatic carbocycles. The predicted octanol–water partition coefficient (Wildman–Crippen LogP) is 4.31. The molecule has 1 amide bonds. The standard InChI is InChI=1S/C23H33N3O3S/c1-17(2)15-26(16-18(3)4)30(28,29)22-13-7-19(8-14-22)23(27)24-20-9-11-21(12-10-20)25(5)6/h7-14,17-18H,15-16H2,1-6H3,(H,24,27). The molecule has 0 saturated heterocycles. The summed E-state index contributed by atoms with van der Waals surface area (Å²) in [5, 5.41) is 2.84. The van der Waals surface area contributed by atoms with Crippen molar-refractivity contribution in [3.63, 3.8) is 0 Å². The fourth-order valence-electron chi connectivity index (χ4n) is 3.06. The first-order valence-corrected chi connectivity index (χ1v) is 11.6. The van der Waals surface area contributed by atoms with Gasteiger partial charge in [-0.3, -0.25) is 4.79 Å². The number of rotatable bonds is 9. The van der Waals surface area contributed by atoms with Crippen LogP contribution >= 0.6 is 0 Å². The van der Waals surface area contributed by atoms with Gasteiger partial charge in [0.05, 0.1) is 4.90 Å². The highest BCUT2D eigenvalue weighted by atomic mass is 32.2. The van der Waals surface area contributed by atoms with Crippen molar-refractivity contribution in [2.75, 3.05) is 37.4 Å². The van der Waals surface area contributed by atoms with E-state index in [1.54, 1.807) is 12.1 Å². The molecule has 0 atom stereocenters. The van der Waals surface area contributed by atoms with Gasteiger partial charge in [-0.25, -0.2) is 8.42 Å². The maximum atomic E-state index is 13.1. The average Bonchev–Trinajstić information content (AvgIpc) is 2.67. The van der Waals surface area contributed by atoms with Crippen molar-refractivity contribution in [3.05, 3.63) is 54.1 Å². The fourth-order valence-corrected chi connectivity index (χ4v) is 4.83. The van der Waals surface area contributed by atoms with Crippen LogP contribution in [0.4, 0.5) is 11.4 Å². The van der Waals surface area contributed by atoms with Crippen LogP contribution in [0.2, 0.25) is 0 Å². The number of amides is 1. The minimum Gasteiger partial charge on any atom is -0.378 e. The largest absolute Gasteiger partial charge is 0.378 e. The molecule has 30 heavy (non-hydrogen) atoms. The number of sulfonamides is 1. The summed E-state index contributed by atoms with van der Waals surface area (Å²) in [7, 11) is 0.294. The van der Waals surface area contributed by atoms with Gasteiger partial charge in [-0.05, 0) is 60.4 Å². The summed E-state index contributed by atoms with van der Waals surface area (Å²) in [4.78, 5) is 14.7. The summed E-state index contributed by atoms with van der Waals surface area (Å²) in [6, 6.07) is 13.6. The minimum atomic E-state index is -3.61. The Kier molecular flexibility index (Phi) is 8.03. The zero-order chi connectivity index (χ0) is 22.5. The van der Waals surface area contributed by atoms with Gasteiger partial charge in [-0.1, -0.05) is 27.7 Å². The summed E-state index contributed by atoms with van der Waals surface area (Å²) >= 11 is 0. The average molecular weight is 432 g/mol. The Morgan fingerprint density at radius 1 is 0.867 bits per heavy atom. The van der Waals surface area contributed by atoms with Gasteiger partial charge in [0.25, 0.3) is 5.91 Å². The molecule has 0 aliphatic heterocycles. The lowest BCUT2D eigenvalue weighted by Crippen LogP contribution is -2.37. The van der Waals surface area contributed by atoms with Crippen LogP contribution < -0.4 is 10.2 Å². The zero-order valence-corrected chi connectivity index (χ0v) is 19.5. The van der Waals surface area contributed by atoms with Crippen LogP contribution in [0.15, 0.2) is 53.4 Å². The minimum absolute atomic E-state index is 0.204. The Morgan fingerprint density at radius 3 is 1.80 bits per heavy atom. The third-order valence-electron chi connectivity index (χ3n) is 4.53. The van der Waals surface area contributed by atoms with Gasteiger partial charge in [-0.15, -0.1) is 0 Å². The molecule has 6 nitrogen and oxygen atoms in total. The molecule has 1 N–H and O–H groups in total. The number of benzene rings is 2. The molecule has 0 saturated carbocycles. The van der Waals surface area contributed by atoms with Gasteiger partial charge >= 0.3 is 0 Å². The van der Waals surface area contributed by atoms with Gasteiger partial charge in [0.1, 0.15) is 0 Å². The Morgan fingerprint density at radius 2 is 1.37 bits per heavy atom. The smallest absolute Gasteiger partial charge is 0.255 e. The highest BCUT2D eigenvalue weighted by molar-refractivity contribution is 7.89. The van der Waals surface area contributed by atoms with Crippen molar-refractivity contribution < 1.29 is 13.2 Å². The maximum Gasteiger partial charge on any atom is 0.255 e. The van der Waals surface area contributed by atoms with E-state index in [0.29, 0.717) is 24.3 Å². The van der Waals surface area contributed by atoms with E-state index in [4.69, 9.17) is 0 Å². The van der Waals surface area contributed by atoms with E-state index < -0.39 is 10.0 Å². The van der Waals surface area contributed by atoms with Crippen LogP contribution in [0.25, 0.3) is 0 Å². The van der Waals surface area contributed by atoms with Crippen LogP contribution in [-0.2, 0) is 10.0 Å². The second-order valence-corrected chi connectivity index (χ2v) is 10.5. The van der Waals surface area contributed by atoms with Gasteiger partial charge in [0.15, 0.2) is 0 Å². The van der Waals surface area contributed by atoms with E-state index in [1.807, 2.05) is 71.0 Å². The van der Waals surface area contributed by atoms with Gasteiger partial charge in [0.2, 0.25) is 10.0 Å². The second-order valence-electron chi connectivity index (χ2n) is 8.53. The third-order valence-corrected chi connectivity index (χ3v) is 6.38. The first kappa shape index (κ1) is 23.9. The Bertz CT molecular complexity index is 925. The lowest BCUT2D eigenvalue weighted by molar-refractivity contribution is 0.102. The number of hydrogen-bond donors (Lipinski definition) is 1. The van der Waals surface area contributed by atoms with E-state index in [-0.39, 0.29) is 22.6 Å². The molecule has 2 rings (SSSR count). The fraction of sp³-hybridized carbons (Fsp3) is 0.435. The third kappa shape index (κ3) is 6.31. The summed E-state index contributed by atoms with van der Waals surface area (Å²) in [6.07, 6.45) is 0. The predicted molar refractivity (Wildman–Crippen MR) is 124 cm³/mol. The number of carbonyl (C=O) groups is 1. The number of anilines is 2. The molecule has 0 bridgehead atoms. The Hall–Kier alpha value is -2.38. The number of nitrogens with zero attached hydrogens (tertiary/aromatic N) is 2. The van der Waals surface area contributed by atoms with Gasteiger partial charge in [0, 0.05) is 44.1 Å². The molecule has 0 aliphatic rings. The van der Waals surface area contributed by atoms with E-state index in [2.05, 4.69) is 5.32 Å². The maximum absolute atomic E-state index is 13.1. The van der Waals surface area contributed by atoms with Crippen LogP contribution in [-0.4, -0.2) is 45.8 Å². The molecule has 0 spiro atoms. The highest BCUT2D eigenvalue weighted by Gasteiger charge is 2.26. The monoisotopic (exact) mass is 431 g/mol. The second kappa shape index (κ2) is 10.1. The molecule has 0 aromatic heterocycles. The summed E-state index contributed by atoms with van der Waals surface area (Å²) in [5.41, 5.74) is 2.13. The molecular formula is C23H33N3O3S. The SMILES string of the molecule is CC(C)CN(CC(C)C)S(=O)(=O)c1ccc(C(=O)Nc2ccc(N(C)C)cc2)cc1. The lowest BCUT2D eigenvalue weighted by atomic mass is 10.2. The molecule has 0 radical (unpaired) electrons. The topological polar surface area (TPSA) is 69.7 Å². The highest BCUT2D eigenvalue weighted by Crippen LogP contribution is 2.21. The number of hydrogen-bond acceptors (Lipinski definition) is 4. The van der Waals surface area contributed by atoms with Crippen molar-refractivity contribution in [2.45, 2.75) is 32.6 Å². The van der Waals surface area contributed by atoms with Crippen LogP contribution in [0.1, 0.15) is 38.1 Å². The van der Waals surface area contributed by atoms with Crippen LogP contribution in [0.5, 0.6) is 0 Å². The van der Waals surface area contributed by atoms with Crippen molar-refractivity contribution in [1.82, 2.24) is 4.31 Å². The summed E-state index contributed by atoms with van der Waals surface area (Å²) < 4.78 is 27.7. The molecule has 7 heteroatoms. The quantitative estimate of drug-likeness (QED) is 0.642. The van der Waals surface area contributed by atoms with E-state index in [1.165, 1.54) is 16.4 Å². The normalized spacial score (nSPS) is 11.9. The molecule has 2 aromatic rings. The summed E-state index contributed by atoms with van der Waals surface area (Å²) in [6.45, 7) is 8.93. The number of nitrogens with one attached hydrogen (secondary N) is 1. The molecule has 2 aromatic carbocycles. The molecule has 0 heterocycles. The van der Waals surface area contributed by atoms with E-state index in [0.717, 1.165) is 5.69 Å². The van der Waals surface area contributed by atoms with Crippen molar-refractivity contribution >= 4 is 27.3 Å². The lowest BCUT2D eigenvalue weighted by Gasteiger charge is -2.25. The van der Waals surface area contributed by atoms with Gasteiger partial charge in [-0.2, -0.15) is 4.31 Å². The van der Waals surface area contributed by atoms with Crippen LogP contribution in [0.3, 0.4) is 0 Å². The van der Waals surface area contributed by atoms with Crippen molar-refractivity contribution in [1.29, 1.82) is 0 Å². The molecule has 0 fully saturated rings. The van der Waals surface area contributed by atoms with E-state index in [9.17, 15) is 13.2 Å². The van der Waals surface area contributed by atoms with Crippen LogP contribution in [0, 0.1) is 11.8 Å². The summed E-state index contributed by atoms with van der Waals surface area (Å²) in [5.74, 6) is 0.169. The first-order valence-electron chi connectivity index (χ1n) is 10.2.